The minimum absolute atomic E-state index is 0.322. The van der Waals surface area contributed by atoms with Crippen molar-refractivity contribution >= 4 is 34.8 Å². The highest BCUT2D eigenvalue weighted by atomic mass is 35.5. The summed E-state index contributed by atoms with van der Waals surface area (Å²) in [6.45, 7) is 1.79. The third kappa shape index (κ3) is 4.07. The number of aromatic nitrogens is 2. The number of carbonyl (C=O) groups is 1. The molecular weight excluding hydrogens is 344 g/mol. The van der Waals surface area contributed by atoms with Crippen molar-refractivity contribution in [3.63, 3.8) is 0 Å². The fourth-order valence-electron chi connectivity index (χ4n) is 2.13. The number of carbonyl (C=O) groups excluding carboxylic acids is 1. The number of anilines is 3. The molecule has 0 spiro atoms. The highest BCUT2D eigenvalue weighted by molar-refractivity contribution is 6.31. The standard InChI is InChI=1S/C17H15ClN4O3/c1-10-7-16(22-25-10)21-15-6-3-11(9-19-15)17(23)20-13-8-12(18)4-5-14(13)24-2/h3-9H,1-2H3,(H,20,23)(H,19,21,22). The van der Waals surface area contributed by atoms with E-state index in [0.29, 0.717) is 39.4 Å². The Balaban J connectivity index is 1.71. The van der Waals surface area contributed by atoms with Gasteiger partial charge in [0, 0.05) is 17.3 Å². The van der Waals surface area contributed by atoms with Gasteiger partial charge in [-0.2, -0.15) is 0 Å². The van der Waals surface area contributed by atoms with Crippen molar-refractivity contribution in [3.05, 3.63) is 58.9 Å². The molecule has 0 radical (unpaired) electrons. The molecule has 1 aromatic carbocycles. The summed E-state index contributed by atoms with van der Waals surface area (Å²) in [5.41, 5.74) is 0.879. The van der Waals surface area contributed by atoms with Crippen LogP contribution >= 0.6 is 11.6 Å². The van der Waals surface area contributed by atoms with Gasteiger partial charge in [-0.05, 0) is 37.3 Å². The minimum atomic E-state index is -0.322. The first-order chi connectivity index (χ1) is 12.0. The van der Waals surface area contributed by atoms with Crippen molar-refractivity contribution in [2.24, 2.45) is 0 Å². The molecule has 7 nitrogen and oxygen atoms in total. The van der Waals surface area contributed by atoms with Gasteiger partial charge in [-0.25, -0.2) is 4.98 Å². The topological polar surface area (TPSA) is 89.3 Å². The van der Waals surface area contributed by atoms with E-state index in [1.807, 2.05) is 0 Å². The van der Waals surface area contributed by atoms with Crippen molar-refractivity contribution in [2.75, 3.05) is 17.7 Å². The molecule has 2 heterocycles. The molecule has 0 saturated heterocycles. The first-order valence-corrected chi connectivity index (χ1v) is 7.74. The highest BCUT2D eigenvalue weighted by Gasteiger charge is 2.11. The predicted molar refractivity (Wildman–Crippen MR) is 94.7 cm³/mol. The molecule has 0 aliphatic carbocycles. The zero-order chi connectivity index (χ0) is 17.8. The maximum absolute atomic E-state index is 12.4. The van der Waals surface area contributed by atoms with E-state index in [-0.39, 0.29) is 5.91 Å². The number of methoxy groups -OCH3 is 1. The van der Waals surface area contributed by atoms with Crippen LogP contribution in [0.3, 0.4) is 0 Å². The van der Waals surface area contributed by atoms with Gasteiger partial charge in [0.25, 0.3) is 5.91 Å². The lowest BCUT2D eigenvalue weighted by Gasteiger charge is -2.10. The molecular formula is C17H15ClN4O3. The number of amides is 1. The number of nitrogens with zero attached hydrogens (tertiary/aromatic N) is 2. The first-order valence-electron chi connectivity index (χ1n) is 7.36. The number of hydrogen-bond acceptors (Lipinski definition) is 6. The molecule has 0 aliphatic rings. The fraction of sp³-hybridized carbons (Fsp3) is 0.118. The van der Waals surface area contributed by atoms with Gasteiger partial charge in [0.15, 0.2) is 5.82 Å². The Morgan fingerprint density at radius 3 is 2.68 bits per heavy atom. The smallest absolute Gasteiger partial charge is 0.257 e. The SMILES string of the molecule is COc1ccc(Cl)cc1NC(=O)c1ccc(Nc2cc(C)on2)nc1. The number of pyridine rings is 1. The van der Waals surface area contributed by atoms with Crippen LogP contribution in [-0.4, -0.2) is 23.2 Å². The summed E-state index contributed by atoms with van der Waals surface area (Å²) in [5.74, 6) is 1.98. The Bertz CT molecular complexity index is 893. The van der Waals surface area contributed by atoms with Gasteiger partial charge in [0.1, 0.15) is 17.3 Å². The molecule has 3 aromatic rings. The van der Waals surface area contributed by atoms with Crippen LogP contribution in [0.2, 0.25) is 5.02 Å². The molecule has 0 bridgehead atoms. The second-order valence-electron chi connectivity index (χ2n) is 5.18. The van der Waals surface area contributed by atoms with Gasteiger partial charge >= 0.3 is 0 Å². The number of halogens is 1. The van der Waals surface area contributed by atoms with E-state index in [2.05, 4.69) is 20.8 Å². The zero-order valence-corrected chi connectivity index (χ0v) is 14.3. The molecule has 2 N–H and O–H groups in total. The second-order valence-corrected chi connectivity index (χ2v) is 5.62. The van der Waals surface area contributed by atoms with Crippen LogP contribution in [-0.2, 0) is 0 Å². The molecule has 3 rings (SSSR count). The van der Waals surface area contributed by atoms with Crippen LogP contribution < -0.4 is 15.4 Å². The molecule has 0 aliphatic heterocycles. The maximum atomic E-state index is 12.4. The number of hydrogen-bond donors (Lipinski definition) is 2. The lowest BCUT2D eigenvalue weighted by atomic mass is 10.2. The Morgan fingerprint density at radius 1 is 1.20 bits per heavy atom. The quantitative estimate of drug-likeness (QED) is 0.715. The highest BCUT2D eigenvalue weighted by Crippen LogP contribution is 2.28. The fourth-order valence-corrected chi connectivity index (χ4v) is 2.30. The summed E-state index contributed by atoms with van der Waals surface area (Å²) in [7, 11) is 1.52. The Morgan fingerprint density at radius 2 is 2.04 bits per heavy atom. The molecule has 0 unspecified atom stereocenters. The lowest BCUT2D eigenvalue weighted by Crippen LogP contribution is -2.13. The Hall–Kier alpha value is -3.06. The van der Waals surface area contributed by atoms with Crippen LogP contribution in [0.15, 0.2) is 47.1 Å². The van der Waals surface area contributed by atoms with Crippen LogP contribution in [0.5, 0.6) is 5.75 Å². The lowest BCUT2D eigenvalue weighted by molar-refractivity contribution is 0.102. The number of rotatable bonds is 5. The summed E-state index contributed by atoms with van der Waals surface area (Å²) in [5, 5.41) is 10.1. The van der Waals surface area contributed by atoms with Crippen molar-refractivity contribution in [1.82, 2.24) is 10.1 Å². The van der Waals surface area contributed by atoms with E-state index in [0.717, 1.165) is 0 Å². The van der Waals surface area contributed by atoms with Crippen LogP contribution in [0.1, 0.15) is 16.1 Å². The van der Waals surface area contributed by atoms with Crippen molar-refractivity contribution in [1.29, 1.82) is 0 Å². The molecule has 0 saturated carbocycles. The van der Waals surface area contributed by atoms with E-state index in [4.69, 9.17) is 20.9 Å². The molecule has 0 atom stereocenters. The van der Waals surface area contributed by atoms with E-state index < -0.39 is 0 Å². The van der Waals surface area contributed by atoms with Crippen molar-refractivity contribution in [2.45, 2.75) is 6.92 Å². The minimum Gasteiger partial charge on any atom is -0.495 e. The Labute approximate surface area is 149 Å². The summed E-state index contributed by atoms with van der Waals surface area (Å²) in [6.07, 6.45) is 1.46. The second kappa shape index (κ2) is 7.23. The van der Waals surface area contributed by atoms with Crippen molar-refractivity contribution in [3.8, 4) is 5.75 Å². The van der Waals surface area contributed by atoms with Gasteiger partial charge in [0.05, 0.1) is 18.4 Å². The normalized spacial score (nSPS) is 10.4. The third-order valence-corrected chi connectivity index (χ3v) is 3.55. The zero-order valence-electron chi connectivity index (χ0n) is 13.5. The van der Waals surface area contributed by atoms with E-state index in [1.54, 1.807) is 43.3 Å². The molecule has 25 heavy (non-hydrogen) atoms. The average molecular weight is 359 g/mol. The van der Waals surface area contributed by atoms with Crippen LogP contribution in [0.25, 0.3) is 0 Å². The number of aryl methyl sites for hydroxylation is 1. The van der Waals surface area contributed by atoms with Gasteiger partial charge in [-0.15, -0.1) is 0 Å². The van der Waals surface area contributed by atoms with Crippen molar-refractivity contribution < 1.29 is 14.1 Å². The van der Waals surface area contributed by atoms with Gasteiger partial charge in [0.2, 0.25) is 0 Å². The molecule has 2 aromatic heterocycles. The van der Waals surface area contributed by atoms with Gasteiger partial charge in [-0.3, -0.25) is 4.79 Å². The predicted octanol–water partition coefficient (Wildman–Crippen LogP) is 4.04. The molecule has 128 valence electrons. The molecule has 0 fully saturated rings. The maximum Gasteiger partial charge on any atom is 0.257 e. The summed E-state index contributed by atoms with van der Waals surface area (Å²) in [6, 6.07) is 10.1. The van der Waals surface area contributed by atoms with Crippen LogP contribution in [0, 0.1) is 6.92 Å². The Kier molecular flexibility index (Phi) is 4.85. The van der Waals surface area contributed by atoms with E-state index in [9.17, 15) is 4.79 Å². The molecule has 1 amide bonds. The molecule has 8 heteroatoms. The van der Waals surface area contributed by atoms with Gasteiger partial charge < -0.3 is 19.9 Å². The number of ether oxygens (including phenoxy) is 1. The summed E-state index contributed by atoms with van der Waals surface area (Å²) in [4.78, 5) is 16.6. The van der Waals surface area contributed by atoms with E-state index in [1.165, 1.54) is 13.3 Å². The monoisotopic (exact) mass is 358 g/mol. The number of benzene rings is 1. The average Bonchev–Trinajstić information content (AvgIpc) is 3.00. The van der Waals surface area contributed by atoms with Crippen LogP contribution in [0.4, 0.5) is 17.3 Å². The number of nitrogens with one attached hydrogen (secondary N) is 2. The summed E-state index contributed by atoms with van der Waals surface area (Å²) < 4.78 is 10.2. The summed E-state index contributed by atoms with van der Waals surface area (Å²) >= 11 is 5.96. The first kappa shape index (κ1) is 16.8. The van der Waals surface area contributed by atoms with Gasteiger partial charge in [-0.1, -0.05) is 16.8 Å². The van der Waals surface area contributed by atoms with E-state index >= 15 is 0 Å². The third-order valence-electron chi connectivity index (χ3n) is 3.32. The largest absolute Gasteiger partial charge is 0.495 e.